The van der Waals surface area contributed by atoms with Crippen LogP contribution in [0, 0.1) is 11.3 Å². The molecule has 0 spiro atoms. The number of hydrogen-bond donors (Lipinski definition) is 1. The summed E-state index contributed by atoms with van der Waals surface area (Å²) in [6.45, 7) is 4.20. The molecule has 0 aliphatic carbocycles. The van der Waals surface area contributed by atoms with Crippen LogP contribution in [0.15, 0.2) is 24.3 Å². The number of nitrogens with zero attached hydrogens (tertiary/aromatic N) is 1. The van der Waals surface area contributed by atoms with E-state index in [4.69, 9.17) is 21.6 Å². The number of ether oxygens (including phenoxy) is 1. The molecule has 17 heavy (non-hydrogen) atoms. The lowest BCUT2D eigenvalue weighted by Gasteiger charge is -2.11. The summed E-state index contributed by atoms with van der Waals surface area (Å²) in [5.41, 5.74) is 0.938. The summed E-state index contributed by atoms with van der Waals surface area (Å²) in [5, 5.41) is 12.9. The molecular weight excluding hydrogens is 236 g/mol. The number of benzene rings is 1. The number of hydrogen-bond acceptors (Lipinski definition) is 3. The summed E-state index contributed by atoms with van der Waals surface area (Å²) in [5.74, 6) is 0. The van der Waals surface area contributed by atoms with Gasteiger partial charge in [-0.15, -0.1) is 0 Å². The van der Waals surface area contributed by atoms with Crippen LogP contribution in [0.2, 0.25) is 5.02 Å². The highest BCUT2D eigenvalue weighted by Gasteiger charge is 2.08. The third-order valence-corrected chi connectivity index (χ3v) is 2.60. The second-order valence-corrected chi connectivity index (χ2v) is 4.05. The van der Waals surface area contributed by atoms with E-state index in [9.17, 15) is 0 Å². The van der Waals surface area contributed by atoms with E-state index >= 15 is 0 Å². The number of nitrogens with one attached hydrogen (secondary N) is 1. The van der Waals surface area contributed by atoms with Gasteiger partial charge in [0.05, 0.1) is 6.07 Å². The average molecular weight is 253 g/mol. The van der Waals surface area contributed by atoms with Gasteiger partial charge in [-0.25, -0.2) is 0 Å². The van der Waals surface area contributed by atoms with Crippen molar-refractivity contribution in [2.75, 3.05) is 19.8 Å². The van der Waals surface area contributed by atoms with Crippen molar-refractivity contribution in [1.82, 2.24) is 5.32 Å². The van der Waals surface area contributed by atoms with Crippen LogP contribution in [0.3, 0.4) is 0 Å². The summed E-state index contributed by atoms with van der Waals surface area (Å²) in [4.78, 5) is 0. The molecule has 0 radical (unpaired) electrons. The van der Waals surface area contributed by atoms with Crippen LogP contribution in [0.4, 0.5) is 0 Å². The van der Waals surface area contributed by atoms with Crippen molar-refractivity contribution in [3.8, 4) is 6.07 Å². The minimum atomic E-state index is -0.283. The first-order valence-corrected chi connectivity index (χ1v) is 6.12. The Hall–Kier alpha value is -1.08. The maximum absolute atomic E-state index is 9.07. The largest absolute Gasteiger partial charge is 0.382 e. The molecule has 0 bridgehead atoms. The van der Waals surface area contributed by atoms with Crippen LogP contribution < -0.4 is 5.32 Å². The van der Waals surface area contributed by atoms with Gasteiger partial charge in [0.25, 0.3) is 0 Å². The molecule has 0 aliphatic heterocycles. The third-order valence-electron chi connectivity index (χ3n) is 2.35. The molecule has 0 saturated heterocycles. The second-order valence-electron chi connectivity index (χ2n) is 3.62. The van der Waals surface area contributed by atoms with Crippen LogP contribution in [0.5, 0.6) is 0 Å². The van der Waals surface area contributed by atoms with Crippen molar-refractivity contribution < 1.29 is 4.74 Å². The zero-order valence-corrected chi connectivity index (χ0v) is 10.7. The Balaban J connectivity index is 2.39. The first-order chi connectivity index (χ1) is 8.27. The van der Waals surface area contributed by atoms with Crippen LogP contribution >= 0.6 is 11.6 Å². The summed E-state index contributed by atoms with van der Waals surface area (Å²) < 4.78 is 5.23. The second kappa shape index (κ2) is 8.08. The molecule has 0 aromatic heterocycles. The van der Waals surface area contributed by atoms with Crippen molar-refractivity contribution in [3.05, 3.63) is 34.9 Å². The molecule has 0 fully saturated rings. The molecule has 1 atom stereocenters. The Morgan fingerprint density at radius 3 is 2.71 bits per heavy atom. The van der Waals surface area contributed by atoms with Gasteiger partial charge in [0, 0.05) is 18.2 Å². The summed E-state index contributed by atoms with van der Waals surface area (Å²) in [6, 6.07) is 9.27. The van der Waals surface area contributed by atoms with Gasteiger partial charge in [-0.05, 0) is 37.6 Å². The molecule has 1 N–H and O–H groups in total. The third kappa shape index (κ3) is 5.18. The first kappa shape index (κ1) is 14.0. The smallest absolute Gasteiger partial charge is 0.121 e. The van der Waals surface area contributed by atoms with Crippen LogP contribution in [-0.4, -0.2) is 19.8 Å². The maximum Gasteiger partial charge on any atom is 0.121 e. The molecule has 4 heteroatoms. The number of halogens is 1. The summed E-state index contributed by atoms with van der Waals surface area (Å²) in [7, 11) is 0. The molecule has 0 heterocycles. The van der Waals surface area contributed by atoms with E-state index in [0.717, 1.165) is 31.7 Å². The Labute approximate surface area is 107 Å². The van der Waals surface area contributed by atoms with Gasteiger partial charge in [0.2, 0.25) is 0 Å². The van der Waals surface area contributed by atoms with Gasteiger partial charge in [-0.3, -0.25) is 5.32 Å². The van der Waals surface area contributed by atoms with Gasteiger partial charge < -0.3 is 4.74 Å². The van der Waals surface area contributed by atoms with Crippen LogP contribution in [0.1, 0.15) is 24.9 Å². The fourth-order valence-corrected chi connectivity index (χ4v) is 1.58. The van der Waals surface area contributed by atoms with Crippen molar-refractivity contribution in [2.45, 2.75) is 19.4 Å². The number of nitriles is 1. The van der Waals surface area contributed by atoms with E-state index in [2.05, 4.69) is 11.4 Å². The fraction of sp³-hybridized carbons (Fsp3) is 0.462. The van der Waals surface area contributed by atoms with E-state index in [1.165, 1.54) is 0 Å². The molecule has 0 saturated carbocycles. The van der Waals surface area contributed by atoms with E-state index in [1.54, 1.807) is 12.1 Å². The molecular formula is C13H17ClN2O. The fourth-order valence-electron chi connectivity index (χ4n) is 1.46. The molecule has 92 valence electrons. The normalized spacial score (nSPS) is 12.1. The average Bonchev–Trinajstić information content (AvgIpc) is 2.35. The Morgan fingerprint density at radius 1 is 1.41 bits per heavy atom. The molecule has 1 aromatic rings. The predicted molar refractivity (Wildman–Crippen MR) is 68.9 cm³/mol. The van der Waals surface area contributed by atoms with Gasteiger partial charge in [0.15, 0.2) is 0 Å². The summed E-state index contributed by atoms with van der Waals surface area (Å²) >= 11 is 5.80. The van der Waals surface area contributed by atoms with Crippen molar-refractivity contribution >= 4 is 11.6 Å². The highest BCUT2D eigenvalue weighted by molar-refractivity contribution is 6.30. The molecule has 0 amide bonds. The molecule has 1 aromatic carbocycles. The van der Waals surface area contributed by atoms with Gasteiger partial charge in [0.1, 0.15) is 6.04 Å². The van der Waals surface area contributed by atoms with E-state index < -0.39 is 0 Å². The molecule has 1 rings (SSSR count). The first-order valence-electron chi connectivity index (χ1n) is 5.74. The monoisotopic (exact) mass is 252 g/mol. The number of rotatable bonds is 7. The lowest BCUT2D eigenvalue weighted by atomic mass is 10.1. The zero-order chi connectivity index (χ0) is 12.5. The quantitative estimate of drug-likeness (QED) is 0.759. The molecule has 3 nitrogen and oxygen atoms in total. The van der Waals surface area contributed by atoms with Gasteiger partial charge >= 0.3 is 0 Å². The molecule has 0 aliphatic rings. The lowest BCUT2D eigenvalue weighted by Crippen LogP contribution is -2.22. The highest BCUT2D eigenvalue weighted by Crippen LogP contribution is 2.15. The van der Waals surface area contributed by atoms with Gasteiger partial charge in [-0.1, -0.05) is 23.7 Å². The zero-order valence-electron chi connectivity index (χ0n) is 9.95. The van der Waals surface area contributed by atoms with E-state index in [1.807, 2.05) is 19.1 Å². The Morgan fingerprint density at radius 2 is 2.12 bits per heavy atom. The van der Waals surface area contributed by atoms with E-state index in [0.29, 0.717) is 5.02 Å². The Bertz CT molecular complexity index is 359. The van der Waals surface area contributed by atoms with Crippen LogP contribution in [0.25, 0.3) is 0 Å². The minimum absolute atomic E-state index is 0.283. The topological polar surface area (TPSA) is 45.0 Å². The standard InChI is InChI=1S/C13H17ClN2O/c1-2-17-9-3-8-16-13(10-15)11-4-6-12(14)7-5-11/h4-7,13,16H,2-3,8-9H2,1H3. The van der Waals surface area contributed by atoms with Gasteiger partial charge in [-0.2, -0.15) is 5.26 Å². The SMILES string of the molecule is CCOCCCNC(C#N)c1ccc(Cl)cc1. The van der Waals surface area contributed by atoms with Crippen molar-refractivity contribution in [1.29, 1.82) is 5.26 Å². The van der Waals surface area contributed by atoms with E-state index in [-0.39, 0.29) is 6.04 Å². The lowest BCUT2D eigenvalue weighted by molar-refractivity contribution is 0.144. The molecule has 1 unspecified atom stereocenters. The maximum atomic E-state index is 9.07. The van der Waals surface area contributed by atoms with Crippen molar-refractivity contribution in [3.63, 3.8) is 0 Å². The Kier molecular flexibility index (Phi) is 6.64. The minimum Gasteiger partial charge on any atom is -0.382 e. The van der Waals surface area contributed by atoms with Crippen molar-refractivity contribution in [2.24, 2.45) is 0 Å². The summed E-state index contributed by atoms with van der Waals surface area (Å²) in [6.07, 6.45) is 0.902. The van der Waals surface area contributed by atoms with Crippen LogP contribution in [-0.2, 0) is 4.74 Å². The highest BCUT2D eigenvalue weighted by atomic mass is 35.5. The predicted octanol–water partition coefficient (Wildman–Crippen LogP) is 2.92.